The molecular formula is C8H10ClNS2. The second-order valence-corrected chi connectivity index (χ2v) is 5.77. The molecule has 1 fully saturated rings. The average molecular weight is 220 g/mol. The molecule has 0 radical (unpaired) electrons. The Morgan fingerprint density at radius 1 is 1.42 bits per heavy atom. The van der Waals surface area contributed by atoms with E-state index in [1.807, 2.05) is 6.20 Å². The Kier molecular flexibility index (Phi) is 2.94. The summed E-state index contributed by atoms with van der Waals surface area (Å²) in [5.74, 6) is 3.32. The highest BCUT2D eigenvalue weighted by Gasteiger charge is 2.17. The van der Waals surface area contributed by atoms with Gasteiger partial charge in [-0.05, 0) is 30.3 Å². The Balaban J connectivity index is 2.08. The van der Waals surface area contributed by atoms with Crippen LogP contribution in [0.15, 0.2) is 6.20 Å². The molecule has 66 valence electrons. The molecule has 1 nitrogen and oxygen atoms in total. The first-order valence-corrected chi connectivity index (χ1v) is 6.40. The van der Waals surface area contributed by atoms with Gasteiger partial charge in [0.2, 0.25) is 0 Å². The normalized spacial score (nSPS) is 19.8. The number of aromatic nitrogens is 1. The highest BCUT2D eigenvalue weighted by molar-refractivity contribution is 7.99. The minimum atomic E-state index is 0.684. The lowest BCUT2D eigenvalue weighted by molar-refractivity contribution is 0.647. The van der Waals surface area contributed by atoms with Crippen molar-refractivity contribution in [2.24, 2.45) is 0 Å². The highest BCUT2D eigenvalue weighted by Crippen LogP contribution is 2.35. The van der Waals surface area contributed by atoms with Crippen LogP contribution < -0.4 is 0 Å². The molecule has 1 aliphatic rings. The molecule has 2 heterocycles. The van der Waals surface area contributed by atoms with Gasteiger partial charge < -0.3 is 0 Å². The van der Waals surface area contributed by atoms with Gasteiger partial charge in [0.05, 0.1) is 0 Å². The SMILES string of the molecule is Clc1ncc(C2CCSCC2)s1. The molecule has 2 rings (SSSR count). The second kappa shape index (κ2) is 3.99. The summed E-state index contributed by atoms with van der Waals surface area (Å²) in [6.07, 6.45) is 4.53. The van der Waals surface area contributed by atoms with Crippen LogP contribution in [0.2, 0.25) is 4.47 Å². The summed E-state index contributed by atoms with van der Waals surface area (Å²) in [5, 5.41) is 0. The highest BCUT2D eigenvalue weighted by atomic mass is 35.5. The van der Waals surface area contributed by atoms with Crippen LogP contribution in [-0.2, 0) is 0 Å². The number of hydrogen-bond acceptors (Lipinski definition) is 3. The summed E-state index contributed by atoms with van der Waals surface area (Å²) in [6, 6.07) is 0. The first-order valence-electron chi connectivity index (χ1n) is 4.05. The van der Waals surface area contributed by atoms with Crippen LogP contribution in [-0.4, -0.2) is 16.5 Å². The number of rotatable bonds is 1. The van der Waals surface area contributed by atoms with Crippen molar-refractivity contribution in [3.8, 4) is 0 Å². The summed E-state index contributed by atoms with van der Waals surface area (Å²) < 4.78 is 0.684. The molecule has 0 amide bonds. The third kappa shape index (κ3) is 1.95. The van der Waals surface area contributed by atoms with E-state index in [-0.39, 0.29) is 0 Å². The van der Waals surface area contributed by atoms with Crippen molar-refractivity contribution in [3.63, 3.8) is 0 Å². The molecular weight excluding hydrogens is 210 g/mol. The lowest BCUT2D eigenvalue weighted by atomic mass is 10.0. The molecule has 1 aliphatic heterocycles. The zero-order chi connectivity index (χ0) is 8.39. The molecule has 4 heteroatoms. The Labute approximate surface area is 85.5 Å². The van der Waals surface area contributed by atoms with Gasteiger partial charge in [-0.15, -0.1) is 11.3 Å². The van der Waals surface area contributed by atoms with Gasteiger partial charge in [-0.25, -0.2) is 4.98 Å². The minimum Gasteiger partial charge on any atom is -0.233 e. The number of halogens is 1. The molecule has 1 saturated heterocycles. The summed E-state index contributed by atoms with van der Waals surface area (Å²) in [6.45, 7) is 0. The molecule has 0 atom stereocenters. The minimum absolute atomic E-state index is 0.684. The lowest BCUT2D eigenvalue weighted by Gasteiger charge is -2.19. The maximum atomic E-state index is 5.78. The van der Waals surface area contributed by atoms with Crippen LogP contribution in [0.25, 0.3) is 0 Å². The molecule has 0 unspecified atom stereocenters. The molecule has 0 aliphatic carbocycles. The van der Waals surface area contributed by atoms with Gasteiger partial charge >= 0.3 is 0 Å². The Hall–Kier alpha value is 0.270. The Bertz CT molecular complexity index is 255. The Morgan fingerprint density at radius 2 is 2.17 bits per heavy atom. The first-order chi connectivity index (χ1) is 5.86. The maximum Gasteiger partial charge on any atom is 0.183 e. The first kappa shape index (κ1) is 8.85. The molecule has 1 aromatic rings. The van der Waals surface area contributed by atoms with E-state index in [0.717, 1.165) is 5.92 Å². The second-order valence-electron chi connectivity index (χ2n) is 2.90. The van der Waals surface area contributed by atoms with E-state index in [1.165, 1.54) is 29.2 Å². The van der Waals surface area contributed by atoms with Gasteiger partial charge in [0.1, 0.15) is 0 Å². The van der Waals surface area contributed by atoms with Crippen molar-refractivity contribution in [1.29, 1.82) is 0 Å². The van der Waals surface area contributed by atoms with E-state index in [9.17, 15) is 0 Å². The van der Waals surface area contributed by atoms with Gasteiger partial charge in [0.25, 0.3) is 0 Å². The molecule has 1 aromatic heterocycles. The molecule has 0 bridgehead atoms. The van der Waals surface area contributed by atoms with Crippen molar-refractivity contribution < 1.29 is 0 Å². The van der Waals surface area contributed by atoms with Crippen molar-refractivity contribution in [2.45, 2.75) is 18.8 Å². The lowest BCUT2D eigenvalue weighted by Crippen LogP contribution is -2.05. The van der Waals surface area contributed by atoms with Crippen molar-refractivity contribution in [1.82, 2.24) is 4.98 Å². The van der Waals surface area contributed by atoms with E-state index in [2.05, 4.69) is 16.7 Å². The monoisotopic (exact) mass is 219 g/mol. The fraction of sp³-hybridized carbons (Fsp3) is 0.625. The molecule has 0 aromatic carbocycles. The zero-order valence-corrected chi connectivity index (χ0v) is 9.01. The summed E-state index contributed by atoms with van der Waals surface area (Å²) in [5.41, 5.74) is 0. The van der Waals surface area contributed by atoms with E-state index in [0.29, 0.717) is 4.47 Å². The molecule has 12 heavy (non-hydrogen) atoms. The average Bonchev–Trinajstić information content (AvgIpc) is 2.54. The van der Waals surface area contributed by atoms with Crippen LogP contribution in [0.4, 0.5) is 0 Å². The number of hydrogen-bond donors (Lipinski definition) is 0. The number of thiazole rings is 1. The third-order valence-corrected chi connectivity index (χ3v) is 4.45. The predicted molar refractivity (Wildman–Crippen MR) is 56.4 cm³/mol. The number of nitrogens with zero attached hydrogens (tertiary/aromatic N) is 1. The van der Waals surface area contributed by atoms with E-state index in [4.69, 9.17) is 11.6 Å². The van der Waals surface area contributed by atoms with Crippen molar-refractivity contribution in [3.05, 3.63) is 15.5 Å². The fourth-order valence-corrected chi connectivity index (χ4v) is 3.67. The van der Waals surface area contributed by atoms with Crippen LogP contribution in [0.3, 0.4) is 0 Å². The topological polar surface area (TPSA) is 12.9 Å². The van der Waals surface area contributed by atoms with E-state index in [1.54, 1.807) is 11.3 Å². The maximum absolute atomic E-state index is 5.78. The standard InChI is InChI=1S/C8H10ClNS2/c9-8-10-5-7(12-8)6-1-3-11-4-2-6/h5-6H,1-4H2. The smallest absolute Gasteiger partial charge is 0.183 e. The molecule has 0 N–H and O–H groups in total. The zero-order valence-electron chi connectivity index (χ0n) is 6.62. The van der Waals surface area contributed by atoms with Crippen LogP contribution in [0, 0.1) is 0 Å². The quantitative estimate of drug-likeness (QED) is 0.718. The van der Waals surface area contributed by atoms with Gasteiger partial charge in [-0.1, -0.05) is 11.6 Å². The Morgan fingerprint density at radius 3 is 2.75 bits per heavy atom. The van der Waals surface area contributed by atoms with E-state index >= 15 is 0 Å². The summed E-state index contributed by atoms with van der Waals surface area (Å²) in [7, 11) is 0. The van der Waals surface area contributed by atoms with Crippen LogP contribution in [0.5, 0.6) is 0 Å². The van der Waals surface area contributed by atoms with Gasteiger partial charge in [0.15, 0.2) is 4.47 Å². The molecule has 0 spiro atoms. The molecule has 0 saturated carbocycles. The van der Waals surface area contributed by atoms with Gasteiger partial charge in [-0.2, -0.15) is 11.8 Å². The number of thioether (sulfide) groups is 1. The third-order valence-electron chi connectivity index (χ3n) is 2.12. The van der Waals surface area contributed by atoms with Crippen LogP contribution >= 0.6 is 34.7 Å². The fourth-order valence-electron chi connectivity index (χ4n) is 1.44. The van der Waals surface area contributed by atoms with Gasteiger partial charge in [-0.3, -0.25) is 0 Å². The van der Waals surface area contributed by atoms with Crippen molar-refractivity contribution >= 4 is 34.7 Å². The summed E-state index contributed by atoms with van der Waals surface area (Å²) in [4.78, 5) is 5.44. The van der Waals surface area contributed by atoms with Crippen molar-refractivity contribution in [2.75, 3.05) is 11.5 Å². The predicted octanol–water partition coefficient (Wildman–Crippen LogP) is 3.41. The van der Waals surface area contributed by atoms with E-state index < -0.39 is 0 Å². The van der Waals surface area contributed by atoms with Crippen LogP contribution in [0.1, 0.15) is 23.6 Å². The summed E-state index contributed by atoms with van der Waals surface area (Å²) >= 11 is 9.47. The largest absolute Gasteiger partial charge is 0.233 e. The van der Waals surface area contributed by atoms with Gasteiger partial charge in [0, 0.05) is 11.1 Å².